The summed E-state index contributed by atoms with van der Waals surface area (Å²) in [7, 11) is 0. The largest absolute Gasteiger partial charge is 0.0776 e. The van der Waals surface area contributed by atoms with Crippen molar-refractivity contribution in [2.24, 2.45) is 0 Å². The van der Waals surface area contributed by atoms with Crippen LogP contribution in [-0.4, -0.2) is 8.41 Å². The van der Waals surface area contributed by atoms with E-state index in [0.717, 1.165) is 0 Å². The summed E-state index contributed by atoms with van der Waals surface area (Å²) < 4.78 is 0. The quantitative estimate of drug-likeness (QED) is 0.401. The Morgan fingerprint density at radius 1 is 0.778 bits per heavy atom. The van der Waals surface area contributed by atoms with E-state index in [4.69, 9.17) is 0 Å². The van der Waals surface area contributed by atoms with Gasteiger partial charge < -0.3 is 0 Å². The van der Waals surface area contributed by atoms with E-state index in [2.05, 4.69) is 13.8 Å². The topological polar surface area (TPSA) is 0 Å². The first-order valence-corrected chi connectivity index (χ1v) is 3.41. The summed E-state index contributed by atoms with van der Waals surface area (Å²) in [5.41, 5.74) is 0. The van der Waals surface area contributed by atoms with Crippen molar-refractivity contribution in [3.8, 4) is 0 Å². The smallest absolute Gasteiger partial charge is 0 e. The molecule has 0 N–H and O–H groups in total. The zero-order valence-corrected chi connectivity index (χ0v) is 6.11. The first-order valence-electron chi connectivity index (χ1n) is 3.41. The van der Waals surface area contributed by atoms with E-state index in [1.54, 1.807) is 0 Å². The Morgan fingerprint density at radius 3 is 1.33 bits per heavy atom. The Bertz CT molecular complexity index is 23.7. The van der Waals surface area contributed by atoms with Crippen LogP contribution in [0.15, 0.2) is 0 Å². The van der Waals surface area contributed by atoms with Gasteiger partial charge in [-0.15, -0.1) is 0 Å². The van der Waals surface area contributed by atoms with E-state index in [1.807, 2.05) is 0 Å². The molecule has 0 rings (SSSR count). The second-order valence-corrected chi connectivity index (χ2v) is 2.06. The van der Waals surface area contributed by atoms with Gasteiger partial charge >= 0.3 is 0 Å². The minimum Gasteiger partial charge on any atom is -0.0776 e. The van der Waals surface area contributed by atoms with Crippen molar-refractivity contribution in [1.29, 1.82) is 0 Å². The molecule has 0 saturated heterocycles. The Kier molecular flexibility index (Phi) is 27.9. The van der Waals surface area contributed by atoms with Gasteiger partial charge in [-0.05, 0) is 0 Å². The monoisotopic (exact) mass is 127 g/mol. The van der Waals surface area contributed by atoms with Crippen molar-refractivity contribution in [2.45, 2.75) is 53.4 Å². The average molecular weight is 127 g/mol. The zero-order valence-electron chi connectivity index (χ0n) is 6.11. The van der Waals surface area contributed by atoms with Gasteiger partial charge in [0.1, 0.15) is 0 Å². The van der Waals surface area contributed by atoms with Gasteiger partial charge in [0, 0.05) is 8.41 Å². The van der Waals surface area contributed by atoms with Crippen molar-refractivity contribution in [2.75, 3.05) is 0 Å². The Balaban J connectivity index is -0.000000180. The number of hydrogen-bond donors (Lipinski definition) is 0. The molecule has 0 aliphatic carbocycles. The van der Waals surface area contributed by atoms with Crippen molar-refractivity contribution in [3.63, 3.8) is 0 Å². The highest BCUT2D eigenvalue weighted by atomic mass is 13.9. The molecule has 3 radical (unpaired) electrons. The summed E-state index contributed by atoms with van der Waals surface area (Å²) in [4.78, 5) is 0. The van der Waals surface area contributed by atoms with E-state index < -0.39 is 0 Å². The predicted molar refractivity (Wildman–Crippen MR) is 46.9 cm³/mol. The van der Waals surface area contributed by atoms with Crippen LogP contribution < -0.4 is 0 Å². The van der Waals surface area contributed by atoms with E-state index in [1.165, 1.54) is 32.1 Å². The predicted octanol–water partition coefficient (Wildman–Crippen LogP) is 3.23. The van der Waals surface area contributed by atoms with Crippen LogP contribution in [0.2, 0.25) is 0 Å². The minimum atomic E-state index is 0. The molecule has 0 unspecified atom stereocenters. The lowest BCUT2D eigenvalue weighted by Crippen LogP contribution is -1.70. The molecule has 1 heteroatoms. The normalized spacial score (nSPS) is 7.33. The van der Waals surface area contributed by atoms with E-state index in [-0.39, 0.29) is 15.8 Å². The summed E-state index contributed by atoms with van der Waals surface area (Å²) in [5, 5.41) is 0. The molecule has 0 aromatic carbocycles. The molecular weight excluding hydrogens is 107 g/mol. The average Bonchev–Trinajstić information content (AvgIpc) is 1.69. The standard InChI is InChI=1S/C7H16.CH4.B/c1-3-5-7-6-4-2;;/h3-7H2,1-2H3;1H4;. The summed E-state index contributed by atoms with van der Waals surface area (Å²) in [6, 6.07) is 0. The zero-order chi connectivity index (χ0) is 5.54. The van der Waals surface area contributed by atoms with Crippen LogP contribution in [0, 0.1) is 0 Å². The number of unbranched alkanes of at least 4 members (excludes halogenated alkanes) is 4. The maximum atomic E-state index is 2.25. The molecule has 0 aromatic rings. The Morgan fingerprint density at radius 2 is 1.11 bits per heavy atom. The molecule has 0 saturated carbocycles. The molecule has 0 atom stereocenters. The molecule has 9 heavy (non-hydrogen) atoms. The van der Waals surface area contributed by atoms with Crippen molar-refractivity contribution < 1.29 is 0 Å². The molecule has 0 spiro atoms. The lowest BCUT2D eigenvalue weighted by molar-refractivity contribution is 0.656. The van der Waals surface area contributed by atoms with E-state index >= 15 is 0 Å². The van der Waals surface area contributed by atoms with Crippen molar-refractivity contribution in [1.82, 2.24) is 0 Å². The molecule has 0 heterocycles. The van der Waals surface area contributed by atoms with Gasteiger partial charge in [-0.1, -0.05) is 53.4 Å². The van der Waals surface area contributed by atoms with Crippen molar-refractivity contribution in [3.05, 3.63) is 0 Å². The Hall–Kier alpha value is 0.0649. The summed E-state index contributed by atoms with van der Waals surface area (Å²) >= 11 is 0. The number of hydrogen-bond acceptors (Lipinski definition) is 0. The van der Waals surface area contributed by atoms with E-state index in [0.29, 0.717) is 0 Å². The fraction of sp³-hybridized carbons (Fsp3) is 1.00. The molecule has 0 fully saturated rings. The first kappa shape index (κ1) is 16.0. The van der Waals surface area contributed by atoms with Crippen LogP contribution >= 0.6 is 0 Å². The molecular formula is C8H20B. The Labute approximate surface area is 62.6 Å². The van der Waals surface area contributed by atoms with Gasteiger partial charge in [0.2, 0.25) is 0 Å². The maximum Gasteiger partial charge on any atom is 0 e. The van der Waals surface area contributed by atoms with Crippen LogP contribution in [0.5, 0.6) is 0 Å². The fourth-order valence-electron chi connectivity index (χ4n) is 0.677. The molecule has 0 aliphatic heterocycles. The lowest BCUT2D eigenvalue weighted by Gasteiger charge is -1.90. The molecule has 0 aromatic heterocycles. The van der Waals surface area contributed by atoms with Crippen LogP contribution in [0.3, 0.4) is 0 Å². The molecule has 0 nitrogen and oxygen atoms in total. The SMILES string of the molecule is C.CCCCCCC.[B]. The maximum absolute atomic E-state index is 2.25. The highest BCUT2D eigenvalue weighted by Gasteiger charge is 1.80. The molecule has 0 amide bonds. The van der Waals surface area contributed by atoms with Crippen molar-refractivity contribution >= 4 is 8.41 Å². The van der Waals surface area contributed by atoms with Crippen LogP contribution in [0.1, 0.15) is 53.4 Å². The lowest BCUT2D eigenvalue weighted by atomic mass is 10.2. The van der Waals surface area contributed by atoms with Crippen LogP contribution in [-0.2, 0) is 0 Å². The van der Waals surface area contributed by atoms with Gasteiger partial charge in [0.15, 0.2) is 0 Å². The molecule has 0 aliphatic rings. The van der Waals surface area contributed by atoms with Gasteiger partial charge in [0.05, 0.1) is 0 Å². The second-order valence-electron chi connectivity index (χ2n) is 2.06. The van der Waals surface area contributed by atoms with Crippen LogP contribution in [0.4, 0.5) is 0 Å². The summed E-state index contributed by atoms with van der Waals surface area (Å²) in [6.45, 7) is 4.49. The molecule has 55 valence electrons. The minimum absolute atomic E-state index is 0. The van der Waals surface area contributed by atoms with Gasteiger partial charge in [-0.25, -0.2) is 0 Å². The van der Waals surface area contributed by atoms with Gasteiger partial charge in [0.25, 0.3) is 0 Å². The van der Waals surface area contributed by atoms with Gasteiger partial charge in [-0.3, -0.25) is 0 Å². The fourth-order valence-corrected chi connectivity index (χ4v) is 0.677. The molecule has 0 bridgehead atoms. The second kappa shape index (κ2) is 15.7. The highest BCUT2D eigenvalue weighted by Crippen LogP contribution is 2.00. The number of rotatable bonds is 4. The first-order chi connectivity index (χ1) is 3.41. The third-order valence-corrected chi connectivity index (χ3v) is 1.21. The summed E-state index contributed by atoms with van der Waals surface area (Å²) in [5.74, 6) is 0. The highest BCUT2D eigenvalue weighted by molar-refractivity contribution is 5.75. The summed E-state index contributed by atoms with van der Waals surface area (Å²) in [6.07, 6.45) is 7.01. The van der Waals surface area contributed by atoms with E-state index in [9.17, 15) is 0 Å². The van der Waals surface area contributed by atoms with Gasteiger partial charge in [-0.2, -0.15) is 0 Å². The third-order valence-electron chi connectivity index (χ3n) is 1.21. The van der Waals surface area contributed by atoms with Crippen LogP contribution in [0.25, 0.3) is 0 Å². The third kappa shape index (κ3) is 18.0.